The van der Waals surface area contributed by atoms with Gasteiger partial charge >= 0.3 is 0 Å². The zero-order valence-electron chi connectivity index (χ0n) is 9.03. The first kappa shape index (κ1) is 13.3. The molecule has 0 fully saturated rings. The second-order valence-corrected chi connectivity index (χ2v) is 2.96. The van der Waals surface area contributed by atoms with Crippen molar-refractivity contribution in [3.05, 3.63) is 0 Å². The van der Waals surface area contributed by atoms with Crippen LogP contribution in [0, 0.1) is 5.41 Å². The van der Waals surface area contributed by atoms with Crippen molar-refractivity contribution in [3.63, 3.8) is 0 Å². The number of ether oxygens (including phenoxy) is 2. The monoisotopic (exact) mass is 200 g/mol. The minimum absolute atomic E-state index is 0.199. The standard InChI is InChI=1S/C10H20N2O2/c1-10(4-6-12-2)14-9-8-13-7-3-5-11/h5-6,10-11H,3-4,7-9H2,1-2H3/b11-5?,12-6+. The molecule has 0 spiro atoms. The average Bonchev–Trinajstić information content (AvgIpc) is 2.20. The molecule has 0 aromatic rings. The molecule has 4 nitrogen and oxygen atoms in total. The molecule has 0 aromatic carbocycles. The lowest BCUT2D eigenvalue weighted by molar-refractivity contribution is 0.0174. The van der Waals surface area contributed by atoms with Gasteiger partial charge in [0.15, 0.2) is 0 Å². The molecule has 1 unspecified atom stereocenters. The van der Waals surface area contributed by atoms with E-state index in [0.717, 1.165) is 6.42 Å². The van der Waals surface area contributed by atoms with Crippen molar-refractivity contribution in [1.29, 1.82) is 5.41 Å². The Kier molecular flexibility index (Phi) is 9.79. The number of nitrogens with one attached hydrogen (secondary N) is 1. The Balaban J connectivity index is 3.14. The van der Waals surface area contributed by atoms with Gasteiger partial charge in [0.25, 0.3) is 0 Å². The highest BCUT2D eigenvalue weighted by Gasteiger charge is 1.98. The highest BCUT2D eigenvalue weighted by atomic mass is 16.5. The summed E-state index contributed by atoms with van der Waals surface area (Å²) in [6.45, 7) is 3.83. The fraction of sp³-hybridized carbons (Fsp3) is 0.800. The molecule has 0 heterocycles. The molecule has 1 N–H and O–H groups in total. The molecule has 82 valence electrons. The summed E-state index contributed by atoms with van der Waals surface area (Å²) in [7, 11) is 1.76. The number of hydrogen-bond donors (Lipinski definition) is 1. The predicted molar refractivity (Wildman–Crippen MR) is 58.7 cm³/mol. The molecule has 0 saturated heterocycles. The van der Waals surface area contributed by atoms with Crippen LogP contribution < -0.4 is 0 Å². The van der Waals surface area contributed by atoms with Crippen LogP contribution in [0.2, 0.25) is 0 Å². The van der Waals surface area contributed by atoms with E-state index in [1.54, 1.807) is 7.05 Å². The smallest absolute Gasteiger partial charge is 0.0704 e. The van der Waals surface area contributed by atoms with Crippen LogP contribution in [-0.4, -0.2) is 45.4 Å². The summed E-state index contributed by atoms with van der Waals surface area (Å²) in [4.78, 5) is 3.88. The molecule has 1 atom stereocenters. The Morgan fingerprint density at radius 1 is 1.36 bits per heavy atom. The topological polar surface area (TPSA) is 54.7 Å². The van der Waals surface area contributed by atoms with E-state index in [2.05, 4.69) is 4.99 Å². The molecule has 4 heteroatoms. The van der Waals surface area contributed by atoms with Crippen molar-refractivity contribution < 1.29 is 9.47 Å². The molecule has 0 aromatic heterocycles. The zero-order chi connectivity index (χ0) is 10.6. The highest BCUT2D eigenvalue weighted by Crippen LogP contribution is 1.94. The highest BCUT2D eigenvalue weighted by molar-refractivity contribution is 5.57. The van der Waals surface area contributed by atoms with Gasteiger partial charge in [0, 0.05) is 26.1 Å². The maximum Gasteiger partial charge on any atom is 0.0704 e. The third-order valence-electron chi connectivity index (χ3n) is 1.66. The van der Waals surface area contributed by atoms with E-state index in [9.17, 15) is 0 Å². The van der Waals surface area contributed by atoms with Crippen LogP contribution in [-0.2, 0) is 9.47 Å². The average molecular weight is 200 g/mol. The second kappa shape index (κ2) is 10.3. The van der Waals surface area contributed by atoms with Crippen molar-refractivity contribution >= 4 is 12.4 Å². The lowest BCUT2D eigenvalue weighted by Gasteiger charge is -2.10. The molecular weight excluding hydrogens is 180 g/mol. The van der Waals surface area contributed by atoms with Crippen molar-refractivity contribution in [2.45, 2.75) is 25.9 Å². The van der Waals surface area contributed by atoms with Gasteiger partial charge in [-0.2, -0.15) is 0 Å². The van der Waals surface area contributed by atoms with Gasteiger partial charge in [-0.3, -0.25) is 0 Å². The minimum Gasteiger partial charge on any atom is -0.379 e. The Hall–Kier alpha value is -0.740. The predicted octanol–water partition coefficient (Wildman–Crippen LogP) is 1.54. The lowest BCUT2D eigenvalue weighted by Crippen LogP contribution is -2.13. The first-order valence-electron chi connectivity index (χ1n) is 4.90. The van der Waals surface area contributed by atoms with Gasteiger partial charge in [-0.05, 0) is 13.1 Å². The number of hydrogen-bond acceptors (Lipinski definition) is 4. The zero-order valence-corrected chi connectivity index (χ0v) is 9.03. The van der Waals surface area contributed by atoms with Gasteiger partial charge in [-0.15, -0.1) is 0 Å². The van der Waals surface area contributed by atoms with Crippen LogP contribution in [0.25, 0.3) is 0 Å². The van der Waals surface area contributed by atoms with Crippen molar-refractivity contribution in [1.82, 2.24) is 0 Å². The summed E-state index contributed by atoms with van der Waals surface area (Å²) in [6.07, 6.45) is 4.92. The summed E-state index contributed by atoms with van der Waals surface area (Å²) in [5, 5.41) is 6.78. The Bertz CT molecular complexity index is 160. The van der Waals surface area contributed by atoms with Gasteiger partial charge in [0.1, 0.15) is 0 Å². The van der Waals surface area contributed by atoms with E-state index in [-0.39, 0.29) is 6.10 Å². The quantitative estimate of drug-likeness (QED) is 0.453. The minimum atomic E-state index is 0.199. The molecule has 0 aliphatic carbocycles. The molecule has 0 aliphatic rings. The molecule has 0 bridgehead atoms. The van der Waals surface area contributed by atoms with Gasteiger partial charge in [0.2, 0.25) is 0 Å². The number of aliphatic imine (C=N–C) groups is 1. The fourth-order valence-corrected chi connectivity index (χ4v) is 0.874. The third-order valence-corrected chi connectivity index (χ3v) is 1.66. The molecule has 0 rings (SSSR count). The molecular formula is C10H20N2O2. The van der Waals surface area contributed by atoms with Crippen LogP contribution in [0.15, 0.2) is 4.99 Å². The van der Waals surface area contributed by atoms with E-state index in [4.69, 9.17) is 14.9 Å². The van der Waals surface area contributed by atoms with Gasteiger partial charge in [-0.25, -0.2) is 0 Å². The van der Waals surface area contributed by atoms with Crippen LogP contribution in [0.1, 0.15) is 19.8 Å². The van der Waals surface area contributed by atoms with Crippen LogP contribution in [0.3, 0.4) is 0 Å². The maximum atomic E-state index is 6.78. The summed E-state index contributed by atoms with van der Waals surface area (Å²) in [5.74, 6) is 0. The van der Waals surface area contributed by atoms with Gasteiger partial charge in [0.05, 0.1) is 25.9 Å². The van der Waals surface area contributed by atoms with Crippen LogP contribution in [0.5, 0.6) is 0 Å². The molecule has 0 radical (unpaired) electrons. The normalized spacial score (nSPS) is 13.3. The van der Waals surface area contributed by atoms with E-state index in [1.165, 1.54) is 6.21 Å². The summed E-state index contributed by atoms with van der Waals surface area (Å²) < 4.78 is 10.7. The first-order valence-corrected chi connectivity index (χ1v) is 4.90. The first-order chi connectivity index (χ1) is 6.81. The molecule has 0 aliphatic heterocycles. The summed E-state index contributed by atoms with van der Waals surface area (Å²) in [5.41, 5.74) is 0. The Labute approximate surface area is 85.8 Å². The molecule has 0 amide bonds. The fourth-order valence-electron chi connectivity index (χ4n) is 0.874. The second-order valence-electron chi connectivity index (χ2n) is 2.96. The Morgan fingerprint density at radius 3 is 2.79 bits per heavy atom. The summed E-state index contributed by atoms with van der Waals surface area (Å²) >= 11 is 0. The number of rotatable bonds is 9. The van der Waals surface area contributed by atoms with E-state index < -0.39 is 0 Å². The molecule has 0 saturated carbocycles. The third kappa shape index (κ3) is 9.35. The van der Waals surface area contributed by atoms with Crippen molar-refractivity contribution in [2.75, 3.05) is 26.9 Å². The SMILES string of the molecule is C/N=C/CC(C)OCCOCCC=N. The largest absolute Gasteiger partial charge is 0.379 e. The summed E-state index contributed by atoms with van der Waals surface area (Å²) in [6, 6.07) is 0. The van der Waals surface area contributed by atoms with Gasteiger partial charge < -0.3 is 19.9 Å². The number of nitrogens with zero attached hydrogens (tertiary/aromatic N) is 1. The maximum absolute atomic E-state index is 6.78. The molecule has 14 heavy (non-hydrogen) atoms. The van der Waals surface area contributed by atoms with Crippen LogP contribution in [0.4, 0.5) is 0 Å². The Morgan fingerprint density at radius 2 is 2.14 bits per heavy atom. The van der Waals surface area contributed by atoms with E-state index >= 15 is 0 Å². The van der Waals surface area contributed by atoms with Crippen molar-refractivity contribution in [2.24, 2.45) is 4.99 Å². The van der Waals surface area contributed by atoms with E-state index in [1.807, 2.05) is 13.1 Å². The van der Waals surface area contributed by atoms with Crippen molar-refractivity contribution in [3.8, 4) is 0 Å². The van der Waals surface area contributed by atoms with E-state index in [0.29, 0.717) is 26.2 Å². The lowest BCUT2D eigenvalue weighted by atomic mass is 10.3. The van der Waals surface area contributed by atoms with Gasteiger partial charge in [-0.1, -0.05) is 0 Å². The van der Waals surface area contributed by atoms with Crippen LogP contribution >= 0.6 is 0 Å².